The molecule has 19 heavy (non-hydrogen) atoms. The Labute approximate surface area is 119 Å². The maximum absolute atomic E-state index is 12.2. The van der Waals surface area contributed by atoms with E-state index in [9.17, 15) is 4.79 Å². The van der Waals surface area contributed by atoms with E-state index < -0.39 is 0 Å². The molecular formula is C15H20ClNO2. The van der Waals surface area contributed by atoms with Crippen molar-refractivity contribution >= 4 is 17.5 Å². The monoisotopic (exact) mass is 281 g/mol. The lowest BCUT2D eigenvalue weighted by Crippen LogP contribution is -2.46. The molecule has 0 spiro atoms. The molecule has 1 heterocycles. The Balaban J connectivity index is 1.86. The number of alkyl halides is 1. The van der Waals surface area contributed by atoms with E-state index in [1.807, 2.05) is 17.0 Å². The molecule has 1 fully saturated rings. The summed E-state index contributed by atoms with van der Waals surface area (Å²) >= 11 is 5.78. The summed E-state index contributed by atoms with van der Waals surface area (Å²) in [5.41, 5.74) is 2.49. The second-order valence-corrected chi connectivity index (χ2v) is 5.22. The van der Waals surface area contributed by atoms with Crippen LogP contribution in [0, 0.1) is 6.92 Å². The first-order valence-corrected chi connectivity index (χ1v) is 7.24. The Bertz CT molecular complexity index is 436. The summed E-state index contributed by atoms with van der Waals surface area (Å²) in [5, 5.41) is 0. The third-order valence-electron chi connectivity index (χ3n) is 3.53. The molecule has 0 bridgehead atoms. The fourth-order valence-electron chi connectivity index (χ4n) is 2.33. The number of benzene rings is 1. The first kappa shape index (κ1) is 14.4. The lowest BCUT2D eigenvalue weighted by atomic mass is 10.0. The van der Waals surface area contributed by atoms with Crippen molar-refractivity contribution < 1.29 is 9.53 Å². The van der Waals surface area contributed by atoms with E-state index in [0.29, 0.717) is 32.0 Å². The van der Waals surface area contributed by atoms with E-state index in [1.165, 1.54) is 11.1 Å². The van der Waals surface area contributed by atoms with Crippen LogP contribution in [0.5, 0.6) is 0 Å². The average Bonchev–Trinajstić information content (AvgIpc) is 2.46. The molecule has 1 aliphatic heterocycles. The van der Waals surface area contributed by atoms with E-state index in [2.05, 4.69) is 19.1 Å². The largest absolute Gasteiger partial charge is 0.373 e. The van der Waals surface area contributed by atoms with Crippen molar-refractivity contribution in [3.05, 3.63) is 35.4 Å². The summed E-state index contributed by atoms with van der Waals surface area (Å²) in [5.74, 6) is 0.642. The summed E-state index contributed by atoms with van der Waals surface area (Å²) in [6.45, 7) is 3.97. The summed E-state index contributed by atoms with van der Waals surface area (Å²) in [4.78, 5) is 14.0. The third-order valence-corrected chi connectivity index (χ3v) is 3.88. The number of amides is 1. The summed E-state index contributed by atoms with van der Waals surface area (Å²) in [6, 6.07) is 8.21. The van der Waals surface area contributed by atoms with Gasteiger partial charge in [0.2, 0.25) is 5.91 Å². The van der Waals surface area contributed by atoms with Crippen LogP contribution in [0.3, 0.4) is 0 Å². The van der Waals surface area contributed by atoms with Gasteiger partial charge in [0.15, 0.2) is 0 Å². The van der Waals surface area contributed by atoms with Crippen molar-refractivity contribution in [2.75, 3.05) is 25.6 Å². The first-order chi connectivity index (χ1) is 9.20. The Hall–Kier alpha value is -1.06. The third kappa shape index (κ3) is 3.95. The maximum Gasteiger partial charge on any atom is 0.223 e. The molecule has 1 atom stereocenters. The van der Waals surface area contributed by atoms with Gasteiger partial charge >= 0.3 is 0 Å². The molecule has 0 aliphatic carbocycles. The standard InChI is InChI=1S/C15H20ClNO2/c1-12-4-2-3-5-13(12)6-7-15(18)17-8-9-19-14(10-16)11-17/h2-5,14H,6-11H2,1H3. The molecule has 4 heteroatoms. The number of aryl methyl sites for hydroxylation is 2. The summed E-state index contributed by atoms with van der Waals surface area (Å²) in [7, 11) is 0. The Morgan fingerprint density at radius 2 is 2.26 bits per heavy atom. The van der Waals surface area contributed by atoms with Crippen LogP contribution in [0.25, 0.3) is 0 Å². The molecule has 1 unspecified atom stereocenters. The van der Waals surface area contributed by atoms with Crippen LogP contribution in [0.2, 0.25) is 0 Å². The fourth-order valence-corrected chi connectivity index (χ4v) is 2.52. The number of hydrogen-bond acceptors (Lipinski definition) is 2. The van der Waals surface area contributed by atoms with E-state index >= 15 is 0 Å². The number of halogens is 1. The maximum atomic E-state index is 12.2. The van der Waals surface area contributed by atoms with Gasteiger partial charge in [0.25, 0.3) is 0 Å². The van der Waals surface area contributed by atoms with Gasteiger partial charge < -0.3 is 9.64 Å². The first-order valence-electron chi connectivity index (χ1n) is 6.70. The number of carbonyl (C=O) groups excluding carboxylic acids is 1. The molecule has 1 saturated heterocycles. The van der Waals surface area contributed by atoms with E-state index in [0.717, 1.165) is 6.42 Å². The van der Waals surface area contributed by atoms with E-state index in [-0.39, 0.29) is 12.0 Å². The highest BCUT2D eigenvalue weighted by Crippen LogP contribution is 2.13. The second-order valence-electron chi connectivity index (χ2n) is 4.91. The summed E-state index contributed by atoms with van der Waals surface area (Å²) in [6.07, 6.45) is 1.34. The number of rotatable bonds is 4. The molecule has 1 aromatic carbocycles. The highest BCUT2D eigenvalue weighted by molar-refractivity contribution is 6.18. The topological polar surface area (TPSA) is 29.5 Å². The van der Waals surface area contributed by atoms with Gasteiger partial charge in [0.1, 0.15) is 0 Å². The Kier molecular flexibility index (Phi) is 5.23. The van der Waals surface area contributed by atoms with Gasteiger partial charge in [-0.1, -0.05) is 24.3 Å². The molecule has 1 aliphatic rings. The SMILES string of the molecule is Cc1ccccc1CCC(=O)N1CCOC(CCl)C1. The Morgan fingerprint density at radius 3 is 3.00 bits per heavy atom. The zero-order valence-electron chi connectivity index (χ0n) is 11.3. The number of nitrogens with zero attached hydrogens (tertiary/aromatic N) is 1. The van der Waals surface area contributed by atoms with Crippen molar-refractivity contribution in [1.82, 2.24) is 4.90 Å². The molecule has 0 aromatic heterocycles. The van der Waals surface area contributed by atoms with Crippen LogP contribution in [-0.2, 0) is 16.0 Å². The van der Waals surface area contributed by atoms with Crippen LogP contribution in [0.15, 0.2) is 24.3 Å². The normalized spacial score (nSPS) is 19.5. The highest BCUT2D eigenvalue weighted by Gasteiger charge is 2.23. The van der Waals surface area contributed by atoms with Gasteiger partial charge in [-0.3, -0.25) is 4.79 Å². The minimum Gasteiger partial charge on any atom is -0.373 e. The van der Waals surface area contributed by atoms with Gasteiger partial charge in [-0.2, -0.15) is 0 Å². The van der Waals surface area contributed by atoms with Crippen molar-refractivity contribution in [3.63, 3.8) is 0 Å². The molecule has 3 nitrogen and oxygen atoms in total. The number of morpholine rings is 1. The zero-order valence-corrected chi connectivity index (χ0v) is 12.0. The molecule has 0 saturated carbocycles. The van der Waals surface area contributed by atoms with E-state index in [1.54, 1.807) is 0 Å². The minimum absolute atomic E-state index is 0.0159. The van der Waals surface area contributed by atoms with Crippen molar-refractivity contribution in [3.8, 4) is 0 Å². The van der Waals surface area contributed by atoms with Gasteiger partial charge in [-0.05, 0) is 24.5 Å². The highest BCUT2D eigenvalue weighted by atomic mass is 35.5. The van der Waals surface area contributed by atoms with Crippen LogP contribution >= 0.6 is 11.6 Å². The second kappa shape index (κ2) is 6.92. The van der Waals surface area contributed by atoms with E-state index in [4.69, 9.17) is 16.3 Å². The molecule has 104 valence electrons. The van der Waals surface area contributed by atoms with Crippen LogP contribution in [0.4, 0.5) is 0 Å². The molecule has 1 aromatic rings. The van der Waals surface area contributed by atoms with Crippen LogP contribution in [-0.4, -0.2) is 42.5 Å². The van der Waals surface area contributed by atoms with Crippen LogP contribution < -0.4 is 0 Å². The lowest BCUT2D eigenvalue weighted by molar-refractivity contribution is -0.137. The molecule has 1 amide bonds. The molecule has 2 rings (SSSR count). The van der Waals surface area contributed by atoms with Crippen LogP contribution in [0.1, 0.15) is 17.5 Å². The predicted molar refractivity (Wildman–Crippen MR) is 76.5 cm³/mol. The average molecular weight is 282 g/mol. The number of carbonyl (C=O) groups is 1. The summed E-state index contributed by atoms with van der Waals surface area (Å²) < 4.78 is 5.46. The molecule has 0 N–H and O–H groups in total. The smallest absolute Gasteiger partial charge is 0.223 e. The van der Waals surface area contributed by atoms with Gasteiger partial charge in [-0.25, -0.2) is 0 Å². The lowest BCUT2D eigenvalue weighted by Gasteiger charge is -2.32. The quantitative estimate of drug-likeness (QED) is 0.793. The number of hydrogen-bond donors (Lipinski definition) is 0. The van der Waals surface area contributed by atoms with Crippen molar-refractivity contribution in [2.45, 2.75) is 25.9 Å². The van der Waals surface area contributed by atoms with Gasteiger partial charge in [0, 0.05) is 19.5 Å². The molecular weight excluding hydrogens is 262 g/mol. The van der Waals surface area contributed by atoms with Crippen molar-refractivity contribution in [2.24, 2.45) is 0 Å². The minimum atomic E-state index is -0.0159. The number of ether oxygens (including phenoxy) is 1. The van der Waals surface area contributed by atoms with Gasteiger partial charge in [-0.15, -0.1) is 11.6 Å². The predicted octanol–water partition coefficient (Wildman–Crippen LogP) is 2.39. The van der Waals surface area contributed by atoms with Gasteiger partial charge in [0.05, 0.1) is 18.6 Å². The Morgan fingerprint density at radius 1 is 1.47 bits per heavy atom. The fraction of sp³-hybridized carbons (Fsp3) is 0.533. The zero-order chi connectivity index (χ0) is 13.7. The molecule has 0 radical (unpaired) electrons. The van der Waals surface area contributed by atoms with Crippen molar-refractivity contribution in [1.29, 1.82) is 0 Å².